The van der Waals surface area contributed by atoms with Gasteiger partial charge in [0.05, 0.1) is 11.5 Å². The molecule has 0 spiro atoms. The lowest BCUT2D eigenvalue weighted by atomic mass is 9.48. The number of rotatable bonds is 6. The molecule has 3 unspecified atom stereocenters. The minimum absolute atomic E-state index is 0.0709. The third kappa shape index (κ3) is 3.45. The maximum absolute atomic E-state index is 13.5. The van der Waals surface area contributed by atoms with Crippen LogP contribution in [0.2, 0.25) is 0 Å². The summed E-state index contributed by atoms with van der Waals surface area (Å²) in [6.45, 7) is 7.34. The lowest BCUT2D eigenvalue weighted by Gasteiger charge is -2.58. The average molecular weight is 443 g/mol. The molecular formula is C27H38O5. The first-order valence-corrected chi connectivity index (χ1v) is 13.0. The standard InChI is InChI=1S/C27H38O5/c1-14(2)25(28)32-24-21-9-18-10-22(24)13-27(11-18,12-21)26(29)31-15(3)30-23-19-5-16-4-17(7-19)8-20(23)6-16/h15-24H,1,4-13H2,2-3H3. The normalized spacial score (nSPS) is 48.5. The van der Waals surface area contributed by atoms with Gasteiger partial charge in [-0.1, -0.05) is 6.58 Å². The van der Waals surface area contributed by atoms with Crippen LogP contribution < -0.4 is 0 Å². The summed E-state index contributed by atoms with van der Waals surface area (Å²) in [6.07, 6.45) is 10.9. The molecule has 8 aliphatic carbocycles. The summed E-state index contributed by atoms with van der Waals surface area (Å²) >= 11 is 0. The minimum atomic E-state index is -0.477. The molecular weight excluding hydrogens is 404 g/mol. The van der Waals surface area contributed by atoms with Crippen LogP contribution in [0, 0.1) is 46.8 Å². The van der Waals surface area contributed by atoms with Crippen LogP contribution in [-0.2, 0) is 23.8 Å². The summed E-state index contributed by atoms with van der Waals surface area (Å²) in [5, 5.41) is 0. The van der Waals surface area contributed by atoms with E-state index >= 15 is 0 Å². The lowest BCUT2D eigenvalue weighted by Crippen LogP contribution is -2.58. The van der Waals surface area contributed by atoms with Crippen LogP contribution >= 0.6 is 0 Å². The molecule has 8 saturated carbocycles. The van der Waals surface area contributed by atoms with E-state index in [1.54, 1.807) is 6.92 Å². The third-order valence-corrected chi connectivity index (χ3v) is 9.97. The maximum atomic E-state index is 13.5. The van der Waals surface area contributed by atoms with Crippen LogP contribution in [0.1, 0.15) is 78.1 Å². The van der Waals surface area contributed by atoms with Gasteiger partial charge in [0.25, 0.3) is 0 Å². The van der Waals surface area contributed by atoms with Crippen LogP contribution in [-0.4, -0.2) is 30.4 Å². The number of esters is 2. The van der Waals surface area contributed by atoms with Crippen molar-refractivity contribution in [3.05, 3.63) is 12.2 Å². The molecule has 176 valence electrons. The molecule has 8 aliphatic rings. The fraction of sp³-hybridized carbons (Fsp3) is 0.852. The molecule has 5 nitrogen and oxygen atoms in total. The fourth-order valence-electron chi connectivity index (χ4n) is 9.27. The molecule has 0 aromatic carbocycles. The van der Waals surface area contributed by atoms with Gasteiger partial charge in [-0.25, -0.2) is 4.79 Å². The molecule has 8 rings (SSSR count). The molecule has 8 fully saturated rings. The predicted octanol–water partition coefficient (Wildman–Crippen LogP) is 5.03. The minimum Gasteiger partial charge on any atom is -0.458 e. The van der Waals surface area contributed by atoms with Gasteiger partial charge in [-0.15, -0.1) is 0 Å². The van der Waals surface area contributed by atoms with E-state index in [4.69, 9.17) is 14.2 Å². The van der Waals surface area contributed by atoms with E-state index in [2.05, 4.69) is 6.58 Å². The van der Waals surface area contributed by atoms with Gasteiger partial charge in [-0.3, -0.25) is 4.79 Å². The molecule has 0 heterocycles. The maximum Gasteiger partial charge on any atom is 0.333 e. The first kappa shape index (κ1) is 21.2. The highest BCUT2D eigenvalue weighted by Crippen LogP contribution is 2.61. The largest absolute Gasteiger partial charge is 0.458 e. The zero-order valence-electron chi connectivity index (χ0n) is 19.6. The van der Waals surface area contributed by atoms with Gasteiger partial charge in [0.2, 0.25) is 0 Å². The van der Waals surface area contributed by atoms with Crippen molar-refractivity contribution in [3.8, 4) is 0 Å². The quantitative estimate of drug-likeness (QED) is 0.328. The van der Waals surface area contributed by atoms with Crippen molar-refractivity contribution in [3.63, 3.8) is 0 Å². The first-order valence-electron chi connectivity index (χ1n) is 13.0. The van der Waals surface area contributed by atoms with Crippen molar-refractivity contribution in [2.45, 2.75) is 96.6 Å². The Kier molecular flexibility index (Phi) is 5.02. The molecule has 8 bridgehead atoms. The van der Waals surface area contributed by atoms with Gasteiger partial charge in [-0.05, 0) is 119 Å². The summed E-state index contributed by atoms with van der Waals surface area (Å²) in [7, 11) is 0. The van der Waals surface area contributed by atoms with E-state index < -0.39 is 11.7 Å². The Bertz CT molecular complexity index is 773. The number of hydrogen-bond acceptors (Lipinski definition) is 5. The predicted molar refractivity (Wildman–Crippen MR) is 118 cm³/mol. The zero-order valence-corrected chi connectivity index (χ0v) is 19.6. The molecule has 0 saturated heterocycles. The Morgan fingerprint density at radius 3 is 1.94 bits per heavy atom. The van der Waals surface area contributed by atoms with Crippen LogP contribution in [0.3, 0.4) is 0 Å². The van der Waals surface area contributed by atoms with Crippen LogP contribution in [0.5, 0.6) is 0 Å². The SMILES string of the molecule is C=C(C)C(=O)OC1C2CC3CC1CC(C(=O)OC(C)OC1C4CC5CC(C4)CC1C5)(C3)C2. The summed E-state index contributed by atoms with van der Waals surface area (Å²) in [5.74, 6) is 3.85. The van der Waals surface area contributed by atoms with Gasteiger partial charge < -0.3 is 14.2 Å². The van der Waals surface area contributed by atoms with E-state index in [0.717, 1.165) is 43.9 Å². The smallest absolute Gasteiger partial charge is 0.333 e. The molecule has 5 heteroatoms. The van der Waals surface area contributed by atoms with Crippen molar-refractivity contribution in [1.29, 1.82) is 0 Å². The third-order valence-electron chi connectivity index (χ3n) is 9.97. The van der Waals surface area contributed by atoms with Crippen molar-refractivity contribution < 1.29 is 23.8 Å². The Morgan fingerprint density at radius 1 is 0.812 bits per heavy atom. The van der Waals surface area contributed by atoms with E-state index in [1.807, 2.05) is 6.92 Å². The lowest BCUT2D eigenvalue weighted by molar-refractivity contribution is -0.235. The summed E-state index contributed by atoms with van der Waals surface area (Å²) in [6, 6.07) is 0. The van der Waals surface area contributed by atoms with Crippen molar-refractivity contribution in [2.24, 2.45) is 46.8 Å². The monoisotopic (exact) mass is 442 g/mol. The number of carbonyl (C=O) groups is 2. The summed E-state index contributed by atoms with van der Waals surface area (Å²) in [4.78, 5) is 25.6. The Labute approximate surface area is 191 Å². The van der Waals surface area contributed by atoms with E-state index in [-0.39, 0.29) is 36.0 Å². The zero-order chi connectivity index (χ0) is 22.2. The van der Waals surface area contributed by atoms with Gasteiger partial charge in [0.1, 0.15) is 6.10 Å². The van der Waals surface area contributed by atoms with Gasteiger partial charge in [-0.2, -0.15) is 0 Å². The number of ether oxygens (including phenoxy) is 3. The second-order valence-corrected chi connectivity index (χ2v) is 12.4. The topological polar surface area (TPSA) is 61.8 Å². The molecule has 0 aromatic rings. The number of hydrogen-bond donors (Lipinski definition) is 0. The molecule has 0 aliphatic heterocycles. The second-order valence-electron chi connectivity index (χ2n) is 12.4. The molecule has 0 aromatic heterocycles. The highest BCUT2D eigenvalue weighted by Gasteiger charge is 2.60. The molecule has 0 amide bonds. The van der Waals surface area contributed by atoms with E-state index in [9.17, 15) is 9.59 Å². The molecule has 3 atom stereocenters. The van der Waals surface area contributed by atoms with E-state index in [0.29, 0.717) is 23.3 Å². The first-order chi connectivity index (χ1) is 15.3. The van der Waals surface area contributed by atoms with Gasteiger partial charge in [0, 0.05) is 5.57 Å². The van der Waals surface area contributed by atoms with Crippen molar-refractivity contribution in [2.75, 3.05) is 0 Å². The van der Waals surface area contributed by atoms with E-state index in [1.165, 1.54) is 32.1 Å². The summed E-state index contributed by atoms with van der Waals surface area (Å²) < 4.78 is 18.3. The molecule has 32 heavy (non-hydrogen) atoms. The van der Waals surface area contributed by atoms with Crippen molar-refractivity contribution >= 4 is 11.9 Å². The fourth-order valence-corrected chi connectivity index (χ4v) is 9.27. The summed E-state index contributed by atoms with van der Waals surface area (Å²) in [5.41, 5.74) is 0.0355. The Hall–Kier alpha value is -1.36. The second kappa shape index (κ2) is 7.58. The van der Waals surface area contributed by atoms with Gasteiger partial charge in [0.15, 0.2) is 6.29 Å². The Balaban J connectivity index is 1.09. The van der Waals surface area contributed by atoms with Gasteiger partial charge >= 0.3 is 11.9 Å². The van der Waals surface area contributed by atoms with Crippen LogP contribution in [0.15, 0.2) is 12.2 Å². The van der Waals surface area contributed by atoms with Crippen LogP contribution in [0.25, 0.3) is 0 Å². The average Bonchev–Trinajstić information content (AvgIpc) is 2.72. The molecule has 0 radical (unpaired) electrons. The highest BCUT2D eigenvalue weighted by atomic mass is 16.7. The van der Waals surface area contributed by atoms with Crippen LogP contribution in [0.4, 0.5) is 0 Å². The van der Waals surface area contributed by atoms with Crippen molar-refractivity contribution in [1.82, 2.24) is 0 Å². The molecule has 0 N–H and O–H groups in total. The Morgan fingerprint density at radius 2 is 1.38 bits per heavy atom. The number of carbonyl (C=O) groups excluding carboxylic acids is 2. The highest BCUT2D eigenvalue weighted by molar-refractivity contribution is 5.87.